The van der Waals surface area contributed by atoms with Gasteiger partial charge in [0.05, 0.1) is 17.4 Å². The van der Waals surface area contributed by atoms with Crippen molar-refractivity contribution in [2.75, 3.05) is 31.1 Å². The predicted octanol–water partition coefficient (Wildman–Crippen LogP) is 2.20. The van der Waals surface area contributed by atoms with Crippen LogP contribution in [0.25, 0.3) is 0 Å². The Labute approximate surface area is 121 Å². The molecule has 0 aliphatic carbocycles. The highest BCUT2D eigenvalue weighted by Gasteiger charge is 2.22. The Bertz CT molecular complexity index is 473. The molecule has 4 nitrogen and oxygen atoms in total. The third-order valence-corrected chi connectivity index (χ3v) is 3.82. The molecule has 1 aromatic carbocycles. The molecular formula is C16H23N3O. The second-order valence-electron chi connectivity index (χ2n) is 5.28. The van der Waals surface area contributed by atoms with Crippen LogP contribution in [0, 0.1) is 18.3 Å². The van der Waals surface area contributed by atoms with Gasteiger partial charge >= 0.3 is 0 Å². The Morgan fingerprint density at radius 3 is 2.80 bits per heavy atom. The Kier molecular flexibility index (Phi) is 5.40. The quantitative estimate of drug-likeness (QED) is 0.835. The maximum Gasteiger partial charge on any atom is 0.101 e. The predicted molar refractivity (Wildman–Crippen MR) is 80.8 cm³/mol. The molecule has 0 radical (unpaired) electrons. The fraction of sp³-hybridized carbons (Fsp3) is 0.562. The summed E-state index contributed by atoms with van der Waals surface area (Å²) in [5.41, 5.74) is 8.51. The largest absolute Gasteiger partial charge is 0.378 e. The van der Waals surface area contributed by atoms with Crippen molar-refractivity contribution in [1.29, 1.82) is 5.26 Å². The van der Waals surface area contributed by atoms with Gasteiger partial charge in [0.2, 0.25) is 0 Å². The van der Waals surface area contributed by atoms with Crippen LogP contribution in [0.1, 0.15) is 30.4 Å². The van der Waals surface area contributed by atoms with E-state index >= 15 is 0 Å². The first-order valence-corrected chi connectivity index (χ1v) is 7.32. The summed E-state index contributed by atoms with van der Waals surface area (Å²) in [4.78, 5) is 2.32. The van der Waals surface area contributed by atoms with Gasteiger partial charge in [-0.3, -0.25) is 0 Å². The molecule has 1 aliphatic heterocycles. The van der Waals surface area contributed by atoms with Gasteiger partial charge in [-0.1, -0.05) is 12.1 Å². The highest BCUT2D eigenvalue weighted by Crippen LogP contribution is 2.28. The average molecular weight is 273 g/mol. The number of anilines is 1. The molecule has 2 N–H and O–H groups in total. The fourth-order valence-corrected chi connectivity index (χ4v) is 2.75. The van der Waals surface area contributed by atoms with Crippen LogP contribution in [0.15, 0.2) is 18.2 Å². The molecule has 0 atom stereocenters. The van der Waals surface area contributed by atoms with Crippen molar-refractivity contribution in [2.24, 2.45) is 5.73 Å². The lowest BCUT2D eigenvalue weighted by molar-refractivity contribution is 0.0366. The van der Waals surface area contributed by atoms with Crippen LogP contribution in [0.2, 0.25) is 0 Å². The van der Waals surface area contributed by atoms with Gasteiger partial charge in [0.25, 0.3) is 0 Å². The van der Waals surface area contributed by atoms with E-state index in [-0.39, 0.29) is 0 Å². The monoisotopic (exact) mass is 273 g/mol. The van der Waals surface area contributed by atoms with Crippen LogP contribution >= 0.6 is 0 Å². The van der Waals surface area contributed by atoms with Crippen molar-refractivity contribution in [3.8, 4) is 6.07 Å². The summed E-state index contributed by atoms with van der Waals surface area (Å²) < 4.78 is 5.82. The molecule has 2 rings (SSSR count). The summed E-state index contributed by atoms with van der Waals surface area (Å²) in [5, 5.41) is 9.26. The minimum atomic E-state index is 0.340. The molecule has 1 fully saturated rings. The van der Waals surface area contributed by atoms with Crippen LogP contribution in [0.4, 0.5) is 5.69 Å². The standard InChI is InChI=1S/C16H23N3O/c1-13-4-2-5-14(12-18)16(13)19-9-6-15(7-10-19)20-11-3-8-17/h2,4-5,15H,3,6-11,17H2,1H3. The lowest BCUT2D eigenvalue weighted by atomic mass is 10.0. The Morgan fingerprint density at radius 1 is 1.40 bits per heavy atom. The maximum absolute atomic E-state index is 9.26. The van der Waals surface area contributed by atoms with Gasteiger partial charge < -0.3 is 15.4 Å². The molecule has 108 valence electrons. The van der Waals surface area contributed by atoms with Crippen molar-refractivity contribution < 1.29 is 4.74 Å². The molecule has 1 saturated heterocycles. The third-order valence-electron chi connectivity index (χ3n) is 3.82. The molecule has 0 unspecified atom stereocenters. The van der Waals surface area contributed by atoms with Crippen LogP contribution in [-0.4, -0.2) is 32.3 Å². The van der Waals surface area contributed by atoms with Crippen molar-refractivity contribution in [2.45, 2.75) is 32.3 Å². The zero-order valence-corrected chi connectivity index (χ0v) is 12.1. The van der Waals surface area contributed by atoms with E-state index in [1.807, 2.05) is 12.1 Å². The number of nitrogens with two attached hydrogens (primary N) is 1. The normalized spacial score (nSPS) is 16.1. The van der Waals surface area contributed by atoms with Crippen molar-refractivity contribution in [3.63, 3.8) is 0 Å². The number of para-hydroxylation sites is 1. The van der Waals surface area contributed by atoms with Gasteiger partial charge in [-0.05, 0) is 44.4 Å². The molecule has 4 heteroatoms. The minimum Gasteiger partial charge on any atom is -0.378 e. The van der Waals surface area contributed by atoms with Gasteiger partial charge in [0, 0.05) is 19.7 Å². The van der Waals surface area contributed by atoms with Gasteiger partial charge in [-0.2, -0.15) is 5.26 Å². The van der Waals surface area contributed by atoms with E-state index in [1.54, 1.807) is 0 Å². The molecule has 1 aliphatic rings. The summed E-state index contributed by atoms with van der Waals surface area (Å²) in [6.07, 6.45) is 3.30. The minimum absolute atomic E-state index is 0.340. The maximum atomic E-state index is 9.26. The Hall–Kier alpha value is -1.57. The lowest BCUT2D eigenvalue weighted by Crippen LogP contribution is -2.38. The molecule has 0 amide bonds. The van der Waals surface area contributed by atoms with Crippen LogP contribution in [0.5, 0.6) is 0 Å². The summed E-state index contributed by atoms with van der Waals surface area (Å²) >= 11 is 0. The van der Waals surface area contributed by atoms with E-state index < -0.39 is 0 Å². The molecule has 0 aromatic heterocycles. The zero-order valence-electron chi connectivity index (χ0n) is 12.1. The molecule has 20 heavy (non-hydrogen) atoms. The van der Waals surface area contributed by atoms with Crippen LogP contribution in [-0.2, 0) is 4.74 Å². The number of aryl methyl sites for hydroxylation is 1. The van der Waals surface area contributed by atoms with Gasteiger partial charge in [0.15, 0.2) is 0 Å². The van der Waals surface area contributed by atoms with E-state index in [0.29, 0.717) is 12.6 Å². The van der Waals surface area contributed by atoms with Gasteiger partial charge in [0.1, 0.15) is 6.07 Å². The Balaban J connectivity index is 1.96. The van der Waals surface area contributed by atoms with E-state index in [2.05, 4.69) is 24.0 Å². The second kappa shape index (κ2) is 7.28. The number of piperidine rings is 1. The molecule has 1 aromatic rings. The van der Waals surface area contributed by atoms with E-state index in [9.17, 15) is 5.26 Å². The molecule has 1 heterocycles. The van der Waals surface area contributed by atoms with E-state index in [4.69, 9.17) is 10.5 Å². The van der Waals surface area contributed by atoms with E-state index in [1.165, 1.54) is 5.56 Å². The summed E-state index contributed by atoms with van der Waals surface area (Å²) in [6.45, 7) is 5.42. The van der Waals surface area contributed by atoms with Crippen LogP contribution in [0.3, 0.4) is 0 Å². The number of nitrogens with zero attached hydrogens (tertiary/aromatic N) is 2. The topological polar surface area (TPSA) is 62.3 Å². The number of ether oxygens (including phenoxy) is 1. The molecule has 0 spiro atoms. The summed E-state index contributed by atoms with van der Waals surface area (Å²) in [6, 6.07) is 8.21. The van der Waals surface area contributed by atoms with Crippen molar-refractivity contribution >= 4 is 5.69 Å². The van der Waals surface area contributed by atoms with Crippen molar-refractivity contribution in [3.05, 3.63) is 29.3 Å². The zero-order chi connectivity index (χ0) is 14.4. The number of rotatable bonds is 5. The van der Waals surface area contributed by atoms with Crippen molar-refractivity contribution in [1.82, 2.24) is 0 Å². The molecule has 0 saturated carbocycles. The highest BCUT2D eigenvalue weighted by molar-refractivity contribution is 5.64. The summed E-state index contributed by atoms with van der Waals surface area (Å²) in [7, 11) is 0. The fourth-order valence-electron chi connectivity index (χ4n) is 2.75. The first-order valence-electron chi connectivity index (χ1n) is 7.32. The first kappa shape index (κ1) is 14.8. The number of benzene rings is 1. The molecular weight excluding hydrogens is 250 g/mol. The highest BCUT2D eigenvalue weighted by atomic mass is 16.5. The SMILES string of the molecule is Cc1cccc(C#N)c1N1CCC(OCCCN)CC1. The lowest BCUT2D eigenvalue weighted by Gasteiger charge is -2.34. The Morgan fingerprint density at radius 2 is 2.15 bits per heavy atom. The van der Waals surface area contributed by atoms with E-state index in [0.717, 1.165) is 50.2 Å². The third kappa shape index (κ3) is 3.50. The average Bonchev–Trinajstić information content (AvgIpc) is 2.48. The number of nitriles is 1. The van der Waals surface area contributed by atoms with Gasteiger partial charge in [-0.25, -0.2) is 0 Å². The number of hydrogen-bond acceptors (Lipinski definition) is 4. The molecule has 0 bridgehead atoms. The van der Waals surface area contributed by atoms with Crippen LogP contribution < -0.4 is 10.6 Å². The van der Waals surface area contributed by atoms with Gasteiger partial charge in [-0.15, -0.1) is 0 Å². The summed E-state index contributed by atoms with van der Waals surface area (Å²) in [5.74, 6) is 0. The second-order valence-corrected chi connectivity index (χ2v) is 5.28. The number of hydrogen-bond donors (Lipinski definition) is 1. The first-order chi connectivity index (χ1) is 9.76. The smallest absolute Gasteiger partial charge is 0.101 e.